The predicted octanol–water partition coefficient (Wildman–Crippen LogP) is 2.89. The number of likely N-dealkylation sites (N-methyl/N-ethyl adjacent to an activating group) is 1. The van der Waals surface area contributed by atoms with Crippen LogP contribution in [0.4, 0.5) is 5.13 Å². The second kappa shape index (κ2) is 8.56. The number of hydrogen-bond acceptors (Lipinski definition) is 7. The number of nitrogens with one attached hydrogen (secondary N) is 2. The molecule has 0 aliphatic carbocycles. The number of nitrogens with zero attached hydrogens (tertiary/aromatic N) is 3. The molecule has 10 heteroatoms. The smallest absolute Gasteiger partial charge is 0.268 e. The summed E-state index contributed by atoms with van der Waals surface area (Å²) in [5.41, 5.74) is 1.52. The Bertz CT molecular complexity index is 1260. The van der Waals surface area contributed by atoms with E-state index in [1.807, 2.05) is 11.4 Å². The fourth-order valence-corrected chi connectivity index (χ4v) is 4.23. The first-order valence-corrected chi connectivity index (χ1v) is 10.8. The van der Waals surface area contributed by atoms with E-state index in [4.69, 9.17) is 0 Å². The van der Waals surface area contributed by atoms with E-state index >= 15 is 0 Å². The molecule has 0 bridgehead atoms. The Labute approximate surface area is 179 Å². The lowest BCUT2D eigenvalue weighted by atomic mass is 10.2. The summed E-state index contributed by atoms with van der Waals surface area (Å²) < 4.78 is 0.570. The highest BCUT2D eigenvalue weighted by molar-refractivity contribution is 7.17. The van der Waals surface area contributed by atoms with Gasteiger partial charge in [-0.1, -0.05) is 18.2 Å². The van der Waals surface area contributed by atoms with Crippen LogP contribution in [-0.4, -0.2) is 38.7 Å². The van der Waals surface area contributed by atoms with Gasteiger partial charge in [-0.05, 0) is 23.6 Å². The highest BCUT2D eigenvalue weighted by atomic mass is 32.1. The molecule has 0 spiro atoms. The molecule has 0 saturated heterocycles. The third kappa shape index (κ3) is 4.44. The zero-order chi connectivity index (χ0) is 21.1. The number of benzene rings is 1. The van der Waals surface area contributed by atoms with Crippen LogP contribution in [0.5, 0.6) is 0 Å². The maximum atomic E-state index is 12.6. The third-order valence-corrected chi connectivity index (χ3v) is 6.03. The van der Waals surface area contributed by atoms with E-state index < -0.39 is 0 Å². The molecule has 2 amide bonds. The van der Waals surface area contributed by atoms with E-state index in [-0.39, 0.29) is 30.3 Å². The van der Waals surface area contributed by atoms with E-state index in [2.05, 4.69) is 20.3 Å². The minimum atomic E-state index is -0.251. The van der Waals surface area contributed by atoms with Crippen LogP contribution in [0.3, 0.4) is 0 Å². The second-order valence-electron chi connectivity index (χ2n) is 6.54. The van der Waals surface area contributed by atoms with Crippen molar-refractivity contribution >= 4 is 49.8 Å². The van der Waals surface area contributed by atoms with Crippen molar-refractivity contribution in [2.24, 2.45) is 0 Å². The monoisotopic (exact) mass is 439 g/mol. The molecule has 0 radical (unpaired) electrons. The first kappa shape index (κ1) is 19.9. The van der Waals surface area contributed by atoms with Crippen molar-refractivity contribution in [2.75, 3.05) is 12.4 Å². The van der Waals surface area contributed by atoms with Crippen molar-refractivity contribution in [3.8, 4) is 0 Å². The highest BCUT2D eigenvalue weighted by Gasteiger charge is 2.15. The molecular weight excluding hydrogens is 422 g/mol. The molecular formula is C20H17N5O3S2. The molecule has 4 rings (SSSR count). The quantitative estimate of drug-likeness (QED) is 0.480. The van der Waals surface area contributed by atoms with Crippen molar-refractivity contribution in [2.45, 2.75) is 13.0 Å². The molecule has 1 aromatic carbocycles. The van der Waals surface area contributed by atoms with Gasteiger partial charge < -0.3 is 9.88 Å². The molecule has 3 aromatic heterocycles. The summed E-state index contributed by atoms with van der Waals surface area (Å²) in [6.07, 6.45) is 0.0825. The average molecular weight is 440 g/mol. The minimum absolute atomic E-state index is 0.0825. The van der Waals surface area contributed by atoms with Crippen LogP contribution in [0.2, 0.25) is 0 Å². The van der Waals surface area contributed by atoms with E-state index in [1.54, 1.807) is 42.8 Å². The van der Waals surface area contributed by atoms with E-state index in [9.17, 15) is 14.4 Å². The predicted molar refractivity (Wildman–Crippen MR) is 117 cm³/mol. The van der Waals surface area contributed by atoms with Gasteiger partial charge in [-0.3, -0.25) is 19.7 Å². The van der Waals surface area contributed by atoms with Crippen molar-refractivity contribution in [1.29, 1.82) is 0 Å². The second-order valence-corrected chi connectivity index (χ2v) is 8.31. The van der Waals surface area contributed by atoms with Crippen LogP contribution in [0.15, 0.2) is 52.0 Å². The lowest BCUT2D eigenvalue weighted by Gasteiger charge is -2.15. The lowest BCUT2D eigenvalue weighted by molar-refractivity contribution is -0.129. The first-order chi connectivity index (χ1) is 14.5. The number of aromatic nitrogens is 3. The van der Waals surface area contributed by atoms with Crippen LogP contribution in [0.25, 0.3) is 10.2 Å². The van der Waals surface area contributed by atoms with Crippen LogP contribution in [-0.2, 0) is 17.8 Å². The number of hydrogen-bond donors (Lipinski definition) is 2. The minimum Gasteiger partial charge on any atom is -0.338 e. The fourth-order valence-electron chi connectivity index (χ4n) is 2.80. The number of amides is 2. The Morgan fingerprint density at radius 1 is 1.13 bits per heavy atom. The maximum Gasteiger partial charge on any atom is 0.268 e. The maximum absolute atomic E-state index is 12.6. The zero-order valence-electron chi connectivity index (χ0n) is 15.9. The van der Waals surface area contributed by atoms with E-state index in [1.165, 1.54) is 27.6 Å². The van der Waals surface area contributed by atoms with E-state index in [0.29, 0.717) is 32.4 Å². The average Bonchev–Trinajstić information content (AvgIpc) is 3.38. The van der Waals surface area contributed by atoms with Crippen molar-refractivity contribution in [3.05, 3.63) is 74.6 Å². The highest BCUT2D eigenvalue weighted by Crippen LogP contribution is 2.18. The summed E-state index contributed by atoms with van der Waals surface area (Å²) >= 11 is 2.59. The first-order valence-electron chi connectivity index (χ1n) is 9.01. The Morgan fingerprint density at radius 3 is 2.73 bits per heavy atom. The summed E-state index contributed by atoms with van der Waals surface area (Å²) in [6.45, 7) is 0.182. The number of thiazole rings is 1. The normalized spacial score (nSPS) is 10.8. The van der Waals surface area contributed by atoms with Gasteiger partial charge >= 0.3 is 0 Å². The molecule has 0 saturated carbocycles. The number of carbonyl (C=O) groups excluding carboxylic acids is 2. The van der Waals surface area contributed by atoms with Gasteiger partial charge in [-0.25, -0.2) is 9.97 Å². The molecule has 0 unspecified atom stereocenters. The number of carbonyl (C=O) groups is 2. The Balaban J connectivity index is 1.37. The van der Waals surface area contributed by atoms with Gasteiger partial charge in [0.1, 0.15) is 10.5 Å². The molecule has 2 N–H and O–H groups in total. The summed E-state index contributed by atoms with van der Waals surface area (Å²) in [6, 6.07) is 10.6. The van der Waals surface area contributed by atoms with Gasteiger partial charge in [0.15, 0.2) is 5.13 Å². The van der Waals surface area contributed by atoms with Crippen molar-refractivity contribution < 1.29 is 9.59 Å². The molecule has 0 fully saturated rings. The van der Waals surface area contributed by atoms with Crippen LogP contribution >= 0.6 is 22.7 Å². The summed E-state index contributed by atoms with van der Waals surface area (Å²) in [5, 5.41) is 6.72. The topological polar surface area (TPSA) is 108 Å². The molecule has 3 heterocycles. The van der Waals surface area contributed by atoms with Crippen molar-refractivity contribution in [3.63, 3.8) is 0 Å². The largest absolute Gasteiger partial charge is 0.338 e. The SMILES string of the molecule is CN(Cc1nc2ccsc2c(=O)[nH]1)C(=O)Cc1csc(NC(=O)c2ccccc2)n1. The Hall–Kier alpha value is -3.37. The van der Waals surface area contributed by atoms with Gasteiger partial charge in [-0.2, -0.15) is 0 Å². The van der Waals surface area contributed by atoms with Crippen LogP contribution < -0.4 is 10.9 Å². The summed E-state index contributed by atoms with van der Waals surface area (Å²) in [5.74, 6) is 0.00365. The number of H-pyrrole nitrogens is 1. The Morgan fingerprint density at radius 2 is 1.93 bits per heavy atom. The third-order valence-electron chi connectivity index (χ3n) is 4.32. The number of aromatic amines is 1. The Kier molecular flexibility index (Phi) is 5.68. The molecule has 0 atom stereocenters. The zero-order valence-corrected chi connectivity index (χ0v) is 17.5. The standard InChI is InChI=1S/C20H17N5O3S2/c1-25(10-15-22-14-7-8-29-17(14)19(28)23-15)16(26)9-13-11-30-20(21-13)24-18(27)12-5-3-2-4-6-12/h2-8,11H,9-10H2,1H3,(H,21,24,27)(H,22,23,28). The van der Waals surface area contributed by atoms with Gasteiger partial charge in [0.05, 0.1) is 24.2 Å². The molecule has 4 aromatic rings. The number of rotatable bonds is 6. The number of anilines is 1. The van der Waals surface area contributed by atoms with Gasteiger partial charge in [0, 0.05) is 18.0 Å². The molecule has 8 nitrogen and oxygen atoms in total. The molecule has 0 aliphatic heterocycles. The molecule has 152 valence electrons. The van der Waals surface area contributed by atoms with E-state index in [0.717, 1.165) is 0 Å². The van der Waals surface area contributed by atoms with Crippen LogP contribution in [0, 0.1) is 0 Å². The van der Waals surface area contributed by atoms with Crippen molar-refractivity contribution in [1.82, 2.24) is 19.9 Å². The van der Waals surface area contributed by atoms with Gasteiger partial charge in [-0.15, -0.1) is 22.7 Å². The molecule has 30 heavy (non-hydrogen) atoms. The summed E-state index contributed by atoms with van der Waals surface area (Å²) in [7, 11) is 1.64. The lowest BCUT2D eigenvalue weighted by Crippen LogP contribution is -2.29. The molecule has 0 aliphatic rings. The fraction of sp³-hybridized carbons (Fsp3) is 0.150. The summed E-state index contributed by atoms with van der Waals surface area (Å²) in [4.78, 5) is 49.7. The van der Waals surface area contributed by atoms with Gasteiger partial charge in [0.2, 0.25) is 5.91 Å². The number of fused-ring (bicyclic) bond motifs is 1. The van der Waals surface area contributed by atoms with Crippen LogP contribution in [0.1, 0.15) is 21.9 Å². The van der Waals surface area contributed by atoms with Gasteiger partial charge in [0.25, 0.3) is 11.5 Å². The number of thiophene rings is 1.